The monoisotopic (exact) mass is 521 g/mol. The standard InChI is InChI=1S/C18H17Br2N7O2/c1-11-2-4-12(5-3-11)10-29-17-14(19)6-13(7-15(17)20)8-22-23-16(28)9-27-18(21)24-25-26-27/h2-8H,9-10H2,1H3,(H,23,28)(H2,21,24,26)/b22-8-. The zero-order chi connectivity index (χ0) is 20.8. The van der Waals surface area contributed by atoms with Crippen molar-refractivity contribution in [1.29, 1.82) is 0 Å². The number of carbonyl (C=O) groups is 1. The van der Waals surface area contributed by atoms with Gasteiger partial charge in [0.15, 0.2) is 0 Å². The van der Waals surface area contributed by atoms with E-state index in [-0.39, 0.29) is 12.5 Å². The van der Waals surface area contributed by atoms with Crippen molar-refractivity contribution in [2.75, 3.05) is 5.73 Å². The van der Waals surface area contributed by atoms with Gasteiger partial charge in [-0.1, -0.05) is 34.9 Å². The van der Waals surface area contributed by atoms with E-state index in [1.807, 2.05) is 43.3 Å². The molecule has 9 nitrogen and oxygen atoms in total. The minimum Gasteiger partial charge on any atom is -0.487 e. The Morgan fingerprint density at radius 3 is 2.59 bits per heavy atom. The quantitative estimate of drug-likeness (QED) is 0.363. The van der Waals surface area contributed by atoms with Gasteiger partial charge in [-0.3, -0.25) is 4.79 Å². The van der Waals surface area contributed by atoms with Crippen molar-refractivity contribution in [3.8, 4) is 5.75 Å². The molecule has 1 aromatic heterocycles. The van der Waals surface area contributed by atoms with Gasteiger partial charge >= 0.3 is 0 Å². The third kappa shape index (κ3) is 5.84. The first-order chi connectivity index (χ1) is 13.9. The zero-order valence-corrected chi connectivity index (χ0v) is 18.5. The molecule has 0 aliphatic rings. The smallest absolute Gasteiger partial charge is 0.261 e. The molecule has 3 rings (SSSR count). The number of nitrogens with zero attached hydrogens (tertiary/aromatic N) is 5. The highest BCUT2D eigenvalue weighted by Gasteiger charge is 2.10. The molecule has 150 valence electrons. The maximum atomic E-state index is 11.8. The number of nitrogens with one attached hydrogen (secondary N) is 1. The molecule has 0 fully saturated rings. The number of tetrazole rings is 1. The van der Waals surface area contributed by atoms with Crippen molar-refractivity contribution in [2.45, 2.75) is 20.1 Å². The maximum absolute atomic E-state index is 11.8. The van der Waals surface area contributed by atoms with E-state index in [0.29, 0.717) is 12.4 Å². The van der Waals surface area contributed by atoms with Gasteiger partial charge < -0.3 is 10.5 Å². The van der Waals surface area contributed by atoms with Crippen molar-refractivity contribution in [3.05, 3.63) is 62.0 Å². The number of hydrogen-bond acceptors (Lipinski definition) is 7. The van der Waals surface area contributed by atoms with Gasteiger partial charge in [0.2, 0.25) is 5.95 Å². The van der Waals surface area contributed by atoms with Crippen LogP contribution in [0, 0.1) is 6.92 Å². The van der Waals surface area contributed by atoms with Crippen molar-refractivity contribution in [3.63, 3.8) is 0 Å². The predicted octanol–water partition coefficient (Wildman–Crippen LogP) is 2.82. The molecule has 0 radical (unpaired) electrons. The first kappa shape index (κ1) is 20.9. The lowest BCUT2D eigenvalue weighted by molar-refractivity contribution is -0.121. The largest absolute Gasteiger partial charge is 0.487 e. The minimum atomic E-state index is -0.406. The van der Waals surface area contributed by atoms with Crippen molar-refractivity contribution in [2.24, 2.45) is 5.10 Å². The lowest BCUT2D eigenvalue weighted by atomic mass is 10.2. The summed E-state index contributed by atoms with van der Waals surface area (Å²) >= 11 is 7.02. The second-order valence-electron chi connectivity index (χ2n) is 6.08. The Morgan fingerprint density at radius 1 is 1.28 bits per heavy atom. The number of benzene rings is 2. The molecule has 0 unspecified atom stereocenters. The van der Waals surface area contributed by atoms with Gasteiger partial charge in [-0.2, -0.15) is 5.10 Å². The number of nitrogens with two attached hydrogens (primary N) is 1. The van der Waals surface area contributed by atoms with Gasteiger partial charge in [-0.15, -0.1) is 0 Å². The SMILES string of the molecule is Cc1ccc(COc2c(Br)cc(/C=N\NC(=O)Cn3nnnc3N)cc2Br)cc1. The maximum Gasteiger partial charge on any atom is 0.261 e. The molecule has 0 aliphatic heterocycles. The average Bonchev–Trinajstić information content (AvgIpc) is 3.07. The number of rotatable bonds is 7. The molecular weight excluding hydrogens is 506 g/mol. The molecule has 1 amide bonds. The normalized spacial score (nSPS) is 11.0. The van der Waals surface area contributed by atoms with Crippen molar-refractivity contribution >= 4 is 49.9 Å². The van der Waals surface area contributed by atoms with Gasteiger partial charge in [0.25, 0.3) is 5.91 Å². The van der Waals surface area contributed by atoms with Crippen LogP contribution in [0.15, 0.2) is 50.4 Å². The topological polar surface area (TPSA) is 120 Å². The number of aromatic nitrogens is 4. The summed E-state index contributed by atoms with van der Waals surface area (Å²) in [5, 5.41) is 14.4. The molecule has 11 heteroatoms. The third-order valence-electron chi connectivity index (χ3n) is 3.78. The molecule has 0 saturated heterocycles. The van der Waals surface area contributed by atoms with Gasteiger partial charge in [0.05, 0.1) is 15.2 Å². The number of halogens is 2. The lowest BCUT2D eigenvalue weighted by Gasteiger charge is -2.11. The van der Waals surface area contributed by atoms with Crippen LogP contribution < -0.4 is 15.9 Å². The highest BCUT2D eigenvalue weighted by Crippen LogP contribution is 2.35. The van der Waals surface area contributed by atoms with Gasteiger partial charge in [-0.25, -0.2) is 10.1 Å². The number of aryl methyl sites for hydroxylation is 1. The summed E-state index contributed by atoms with van der Waals surface area (Å²) in [6.07, 6.45) is 1.51. The second-order valence-corrected chi connectivity index (χ2v) is 7.78. The van der Waals surface area contributed by atoms with E-state index < -0.39 is 5.91 Å². The first-order valence-corrected chi connectivity index (χ1v) is 10.0. The summed E-state index contributed by atoms with van der Waals surface area (Å²) in [6, 6.07) is 11.8. The molecule has 3 aromatic rings. The molecular formula is C18H17Br2N7O2. The number of nitrogen functional groups attached to an aromatic ring is 1. The van der Waals surface area contributed by atoms with Crippen LogP contribution in [0.5, 0.6) is 5.75 Å². The molecule has 0 atom stereocenters. The Balaban J connectivity index is 1.59. The molecule has 2 aromatic carbocycles. The van der Waals surface area contributed by atoms with Crippen LogP contribution in [0.2, 0.25) is 0 Å². The summed E-state index contributed by atoms with van der Waals surface area (Å²) in [6.45, 7) is 2.36. The van der Waals surface area contributed by atoms with E-state index in [2.05, 4.69) is 57.9 Å². The highest BCUT2D eigenvalue weighted by atomic mass is 79.9. The molecule has 29 heavy (non-hydrogen) atoms. The number of amides is 1. The van der Waals surface area contributed by atoms with E-state index in [1.165, 1.54) is 11.8 Å². The summed E-state index contributed by atoms with van der Waals surface area (Å²) in [5.74, 6) is 0.329. The van der Waals surface area contributed by atoms with Crippen molar-refractivity contribution < 1.29 is 9.53 Å². The average molecular weight is 523 g/mol. The summed E-state index contributed by atoms with van der Waals surface area (Å²) in [5.41, 5.74) is 10.9. The van der Waals surface area contributed by atoms with Crippen LogP contribution >= 0.6 is 31.9 Å². The van der Waals surface area contributed by atoms with E-state index in [4.69, 9.17) is 10.5 Å². The van der Waals surface area contributed by atoms with Gasteiger partial charge in [0.1, 0.15) is 18.9 Å². The van der Waals surface area contributed by atoms with Crippen LogP contribution in [0.25, 0.3) is 0 Å². The molecule has 0 spiro atoms. The van der Waals surface area contributed by atoms with Crippen LogP contribution in [0.3, 0.4) is 0 Å². The summed E-state index contributed by atoms with van der Waals surface area (Å²) in [4.78, 5) is 11.8. The summed E-state index contributed by atoms with van der Waals surface area (Å²) < 4.78 is 8.60. The molecule has 1 heterocycles. The van der Waals surface area contributed by atoms with E-state index in [1.54, 1.807) is 0 Å². The second kappa shape index (κ2) is 9.61. The van der Waals surface area contributed by atoms with E-state index in [9.17, 15) is 4.79 Å². The molecule has 0 saturated carbocycles. The van der Waals surface area contributed by atoms with Crippen LogP contribution in [-0.2, 0) is 17.9 Å². The first-order valence-electron chi connectivity index (χ1n) is 8.43. The number of ether oxygens (including phenoxy) is 1. The minimum absolute atomic E-state index is 0.0539. The Morgan fingerprint density at radius 2 is 1.97 bits per heavy atom. The summed E-state index contributed by atoms with van der Waals surface area (Å²) in [7, 11) is 0. The van der Waals surface area contributed by atoms with Crippen LogP contribution in [0.4, 0.5) is 5.95 Å². The number of hydrazone groups is 1. The molecule has 0 bridgehead atoms. The number of anilines is 1. The predicted molar refractivity (Wildman–Crippen MR) is 115 cm³/mol. The fraction of sp³-hybridized carbons (Fsp3) is 0.167. The van der Waals surface area contributed by atoms with E-state index >= 15 is 0 Å². The third-order valence-corrected chi connectivity index (χ3v) is 4.96. The molecule has 3 N–H and O–H groups in total. The fourth-order valence-electron chi connectivity index (χ4n) is 2.31. The Hall–Kier alpha value is -2.79. The van der Waals surface area contributed by atoms with Crippen molar-refractivity contribution in [1.82, 2.24) is 25.6 Å². The lowest BCUT2D eigenvalue weighted by Crippen LogP contribution is -2.24. The van der Waals surface area contributed by atoms with Gasteiger partial charge in [0, 0.05) is 0 Å². The molecule has 0 aliphatic carbocycles. The Bertz CT molecular complexity index is 1010. The fourth-order valence-corrected chi connectivity index (χ4v) is 3.76. The van der Waals surface area contributed by atoms with E-state index in [0.717, 1.165) is 24.8 Å². The Labute approximate surface area is 183 Å². The van der Waals surface area contributed by atoms with Gasteiger partial charge in [-0.05, 0) is 72.5 Å². The van der Waals surface area contributed by atoms with Crippen LogP contribution in [-0.4, -0.2) is 32.3 Å². The highest BCUT2D eigenvalue weighted by molar-refractivity contribution is 9.11. The van der Waals surface area contributed by atoms with Crippen LogP contribution in [0.1, 0.15) is 16.7 Å². The number of carbonyl (C=O) groups excluding carboxylic acids is 1. The number of hydrogen-bond donors (Lipinski definition) is 2. The Kier molecular flexibility index (Phi) is 6.94. The zero-order valence-electron chi connectivity index (χ0n) is 15.3.